The third kappa shape index (κ3) is 5.59. The molecule has 0 saturated heterocycles. The van der Waals surface area contributed by atoms with E-state index >= 15 is 0 Å². The smallest absolute Gasteiger partial charge is 0.406 e. The topological polar surface area (TPSA) is 38.3 Å². The lowest BCUT2D eigenvalue weighted by atomic mass is 10.1. The van der Waals surface area contributed by atoms with Gasteiger partial charge in [-0.2, -0.15) is 0 Å². The van der Waals surface area contributed by atoms with Crippen LogP contribution in [0, 0.1) is 6.92 Å². The molecule has 0 atom stereocenters. The van der Waals surface area contributed by atoms with Gasteiger partial charge in [0.25, 0.3) is 0 Å². The van der Waals surface area contributed by atoms with Crippen molar-refractivity contribution in [1.29, 1.82) is 0 Å². The quantitative estimate of drug-likeness (QED) is 0.815. The van der Waals surface area contributed by atoms with Crippen LogP contribution < -0.4 is 10.1 Å². The first kappa shape index (κ1) is 17.3. The summed E-state index contributed by atoms with van der Waals surface area (Å²) in [6, 6.07) is 10.7. The lowest BCUT2D eigenvalue weighted by molar-refractivity contribution is -0.274. The van der Waals surface area contributed by atoms with Gasteiger partial charge in [-0.15, -0.1) is 13.2 Å². The van der Waals surface area contributed by atoms with E-state index in [4.69, 9.17) is 0 Å². The summed E-state index contributed by atoms with van der Waals surface area (Å²) in [6.45, 7) is 1.86. The Hall–Kier alpha value is -2.02. The molecular weight excluding hydrogens is 375 g/mol. The van der Waals surface area contributed by atoms with Gasteiger partial charge in [0.05, 0.1) is 6.42 Å². The molecule has 0 radical (unpaired) electrons. The molecule has 0 saturated carbocycles. The molecule has 23 heavy (non-hydrogen) atoms. The minimum Gasteiger partial charge on any atom is -0.406 e. The minimum atomic E-state index is -4.72. The van der Waals surface area contributed by atoms with Crippen molar-refractivity contribution in [3.63, 3.8) is 0 Å². The molecule has 0 aliphatic carbocycles. The number of anilines is 1. The Bertz CT molecular complexity index is 699. The SMILES string of the molecule is Cc1cc(Br)ccc1NC(=O)Cc1ccc(OC(F)(F)F)cc1. The second-order valence-corrected chi connectivity index (χ2v) is 5.79. The van der Waals surface area contributed by atoms with Crippen LogP contribution in [0.2, 0.25) is 0 Å². The van der Waals surface area contributed by atoms with Crippen molar-refractivity contribution >= 4 is 27.5 Å². The highest BCUT2D eigenvalue weighted by atomic mass is 79.9. The van der Waals surface area contributed by atoms with Crippen molar-refractivity contribution in [3.05, 3.63) is 58.1 Å². The number of alkyl halides is 3. The van der Waals surface area contributed by atoms with Gasteiger partial charge in [-0.1, -0.05) is 28.1 Å². The summed E-state index contributed by atoms with van der Waals surface area (Å²) in [4.78, 5) is 12.0. The van der Waals surface area contributed by atoms with Crippen molar-refractivity contribution in [2.45, 2.75) is 19.7 Å². The maximum atomic E-state index is 12.1. The molecule has 2 rings (SSSR count). The van der Waals surface area contributed by atoms with Gasteiger partial charge in [0.2, 0.25) is 5.91 Å². The highest BCUT2D eigenvalue weighted by Crippen LogP contribution is 2.23. The first-order valence-corrected chi connectivity index (χ1v) is 7.43. The van der Waals surface area contributed by atoms with Gasteiger partial charge in [-0.25, -0.2) is 0 Å². The average Bonchev–Trinajstić information content (AvgIpc) is 2.42. The molecular formula is C16H13BrF3NO2. The van der Waals surface area contributed by atoms with Crippen molar-refractivity contribution in [2.24, 2.45) is 0 Å². The van der Waals surface area contributed by atoms with Crippen molar-refractivity contribution in [1.82, 2.24) is 0 Å². The number of nitrogens with one attached hydrogen (secondary N) is 1. The Morgan fingerprint density at radius 3 is 2.39 bits per heavy atom. The third-order valence-corrected chi connectivity index (χ3v) is 3.48. The van der Waals surface area contributed by atoms with Gasteiger partial charge < -0.3 is 10.1 Å². The van der Waals surface area contributed by atoms with E-state index in [9.17, 15) is 18.0 Å². The van der Waals surface area contributed by atoms with E-state index in [2.05, 4.69) is 26.0 Å². The van der Waals surface area contributed by atoms with Gasteiger partial charge in [0, 0.05) is 10.2 Å². The Morgan fingerprint density at radius 2 is 1.83 bits per heavy atom. The second-order valence-electron chi connectivity index (χ2n) is 4.88. The fraction of sp³-hybridized carbons (Fsp3) is 0.188. The second kappa shape index (κ2) is 7.04. The van der Waals surface area contributed by atoms with Crippen LogP contribution in [-0.4, -0.2) is 12.3 Å². The van der Waals surface area contributed by atoms with Gasteiger partial charge >= 0.3 is 6.36 Å². The van der Waals surface area contributed by atoms with Gasteiger partial charge in [0.1, 0.15) is 5.75 Å². The molecule has 0 bridgehead atoms. The minimum absolute atomic E-state index is 0.0573. The van der Waals surface area contributed by atoms with E-state index in [0.29, 0.717) is 11.3 Å². The Labute approximate surface area is 139 Å². The molecule has 0 aliphatic rings. The number of rotatable bonds is 4. The summed E-state index contributed by atoms with van der Waals surface area (Å²) in [6.07, 6.45) is -4.67. The van der Waals surface area contributed by atoms with Crippen molar-refractivity contribution in [3.8, 4) is 5.75 Å². The number of hydrogen-bond donors (Lipinski definition) is 1. The van der Waals surface area contributed by atoms with Crippen LogP contribution in [-0.2, 0) is 11.2 Å². The number of ether oxygens (including phenoxy) is 1. The molecule has 2 aromatic rings. The standard InChI is InChI=1S/C16H13BrF3NO2/c1-10-8-12(17)4-7-14(10)21-15(22)9-11-2-5-13(6-3-11)23-16(18,19)20/h2-8H,9H2,1H3,(H,21,22). The van der Waals surface area contributed by atoms with E-state index in [1.165, 1.54) is 24.3 Å². The molecule has 0 aliphatic heterocycles. The number of halogens is 4. The zero-order valence-corrected chi connectivity index (χ0v) is 13.7. The number of hydrogen-bond acceptors (Lipinski definition) is 2. The zero-order valence-electron chi connectivity index (χ0n) is 12.1. The molecule has 3 nitrogen and oxygen atoms in total. The Kier molecular flexibility index (Phi) is 5.30. The molecule has 0 heterocycles. The van der Waals surface area contributed by atoms with Crippen LogP contribution in [0.4, 0.5) is 18.9 Å². The molecule has 1 amide bonds. The summed E-state index contributed by atoms with van der Waals surface area (Å²) in [5.74, 6) is -0.565. The summed E-state index contributed by atoms with van der Waals surface area (Å²) in [5, 5.41) is 2.77. The number of benzene rings is 2. The average molecular weight is 388 g/mol. The van der Waals surface area contributed by atoms with E-state index < -0.39 is 6.36 Å². The number of aryl methyl sites for hydroxylation is 1. The van der Waals surface area contributed by atoms with Crippen LogP contribution >= 0.6 is 15.9 Å². The van der Waals surface area contributed by atoms with Gasteiger partial charge in [-0.05, 0) is 48.4 Å². The van der Waals surface area contributed by atoms with E-state index in [1.54, 1.807) is 6.07 Å². The number of carbonyl (C=O) groups excluding carboxylic acids is 1. The van der Waals surface area contributed by atoms with Crippen molar-refractivity contribution < 1.29 is 22.7 Å². The maximum Gasteiger partial charge on any atom is 0.573 e. The van der Waals surface area contributed by atoms with Crippen molar-refractivity contribution in [2.75, 3.05) is 5.32 Å². The lowest BCUT2D eigenvalue weighted by Gasteiger charge is -2.10. The largest absolute Gasteiger partial charge is 0.573 e. The molecule has 0 aromatic heterocycles. The predicted molar refractivity (Wildman–Crippen MR) is 84.3 cm³/mol. The van der Waals surface area contributed by atoms with Crippen LogP contribution in [0.5, 0.6) is 5.75 Å². The summed E-state index contributed by atoms with van der Waals surface area (Å²) in [5.41, 5.74) is 2.18. The monoisotopic (exact) mass is 387 g/mol. The van der Waals surface area contributed by atoms with E-state index in [0.717, 1.165) is 10.0 Å². The van der Waals surface area contributed by atoms with Crippen LogP contribution in [0.1, 0.15) is 11.1 Å². The molecule has 1 N–H and O–H groups in total. The molecule has 0 spiro atoms. The molecule has 2 aromatic carbocycles. The predicted octanol–water partition coefficient (Wildman–Crippen LogP) is 4.84. The summed E-state index contributed by atoms with van der Waals surface area (Å²) < 4.78 is 40.9. The highest BCUT2D eigenvalue weighted by molar-refractivity contribution is 9.10. The lowest BCUT2D eigenvalue weighted by Crippen LogP contribution is -2.17. The normalized spacial score (nSPS) is 11.2. The van der Waals surface area contributed by atoms with E-state index in [1.807, 2.05) is 19.1 Å². The molecule has 122 valence electrons. The summed E-state index contributed by atoms with van der Waals surface area (Å²) in [7, 11) is 0. The van der Waals surface area contributed by atoms with Crippen LogP contribution in [0.15, 0.2) is 46.9 Å². The zero-order chi connectivity index (χ0) is 17.0. The number of amides is 1. The third-order valence-electron chi connectivity index (χ3n) is 2.98. The molecule has 0 fully saturated rings. The first-order chi connectivity index (χ1) is 10.7. The van der Waals surface area contributed by atoms with Gasteiger partial charge in [-0.3, -0.25) is 4.79 Å². The molecule has 0 unspecified atom stereocenters. The maximum absolute atomic E-state index is 12.1. The van der Waals surface area contributed by atoms with Gasteiger partial charge in [0.15, 0.2) is 0 Å². The first-order valence-electron chi connectivity index (χ1n) is 6.63. The van der Waals surface area contributed by atoms with Crippen LogP contribution in [0.25, 0.3) is 0 Å². The number of carbonyl (C=O) groups is 1. The Balaban J connectivity index is 1.97. The fourth-order valence-electron chi connectivity index (χ4n) is 1.96. The van der Waals surface area contributed by atoms with E-state index in [-0.39, 0.29) is 18.1 Å². The summed E-state index contributed by atoms with van der Waals surface area (Å²) >= 11 is 3.34. The highest BCUT2D eigenvalue weighted by Gasteiger charge is 2.30. The van der Waals surface area contributed by atoms with Crippen LogP contribution in [0.3, 0.4) is 0 Å². The molecule has 7 heteroatoms. The fourth-order valence-corrected chi connectivity index (χ4v) is 2.43. The Morgan fingerprint density at radius 1 is 1.17 bits per heavy atom.